The summed E-state index contributed by atoms with van der Waals surface area (Å²) in [7, 11) is 1.94. The van der Waals surface area contributed by atoms with Gasteiger partial charge in [-0.15, -0.1) is 5.10 Å². The summed E-state index contributed by atoms with van der Waals surface area (Å²) < 4.78 is 3.50. The summed E-state index contributed by atoms with van der Waals surface area (Å²) in [6.07, 6.45) is 4.31. The second kappa shape index (κ2) is 7.36. The summed E-state index contributed by atoms with van der Waals surface area (Å²) in [6.45, 7) is 0.376. The van der Waals surface area contributed by atoms with Gasteiger partial charge in [0.2, 0.25) is 0 Å². The standard InChI is InChI=1S/C26H20N8O/c1-33-23-11-15(10-16-4-2-7-22-24(16)31-32-30-22)8-9-18(23)20-13-28-34(26(35)25(20)33)14-17-5-3-6-21-19(17)12-27-29-21/h2-9,11-13H,10,14H2,1H3,(H,27,29)(H,30,31,32). The van der Waals surface area contributed by atoms with Gasteiger partial charge in [-0.1, -0.05) is 41.6 Å². The van der Waals surface area contributed by atoms with Crippen LogP contribution in [0.2, 0.25) is 0 Å². The van der Waals surface area contributed by atoms with Crippen molar-refractivity contribution in [2.24, 2.45) is 7.05 Å². The van der Waals surface area contributed by atoms with E-state index < -0.39 is 0 Å². The lowest BCUT2D eigenvalue weighted by Crippen LogP contribution is -2.24. The fourth-order valence-electron chi connectivity index (χ4n) is 5.05. The van der Waals surface area contributed by atoms with Crippen LogP contribution in [-0.2, 0) is 20.0 Å². The van der Waals surface area contributed by atoms with Crippen LogP contribution in [0, 0.1) is 0 Å². The van der Waals surface area contributed by atoms with Crippen molar-refractivity contribution in [2.75, 3.05) is 0 Å². The first kappa shape index (κ1) is 19.7. The van der Waals surface area contributed by atoms with Gasteiger partial charge in [-0.2, -0.15) is 10.2 Å². The molecular weight excluding hydrogens is 440 g/mol. The minimum absolute atomic E-state index is 0.114. The van der Waals surface area contributed by atoms with Crippen LogP contribution in [0.5, 0.6) is 0 Å². The number of hydrogen-bond acceptors (Lipinski definition) is 5. The Bertz CT molecular complexity index is 1960. The van der Waals surface area contributed by atoms with Crippen molar-refractivity contribution in [3.05, 3.63) is 94.0 Å². The van der Waals surface area contributed by atoms with E-state index in [0.29, 0.717) is 12.1 Å². The highest BCUT2D eigenvalue weighted by molar-refractivity contribution is 6.07. The van der Waals surface area contributed by atoms with Crippen molar-refractivity contribution in [3.8, 4) is 0 Å². The van der Waals surface area contributed by atoms with Gasteiger partial charge in [-0.3, -0.25) is 15.0 Å². The topological polar surface area (TPSA) is 110 Å². The minimum Gasteiger partial charge on any atom is -0.339 e. The number of para-hydroxylation sites is 1. The molecule has 0 spiro atoms. The summed E-state index contributed by atoms with van der Waals surface area (Å²) in [5.74, 6) is 0. The number of aromatic amines is 2. The number of nitrogens with one attached hydrogen (secondary N) is 2. The van der Waals surface area contributed by atoms with Crippen LogP contribution >= 0.6 is 0 Å². The Morgan fingerprint density at radius 2 is 1.80 bits per heavy atom. The Morgan fingerprint density at radius 1 is 0.914 bits per heavy atom. The van der Waals surface area contributed by atoms with Gasteiger partial charge in [0.15, 0.2) is 0 Å². The van der Waals surface area contributed by atoms with E-state index in [2.05, 4.69) is 55.0 Å². The first-order chi connectivity index (χ1) is 17.2. The summed E-state index contributed by atoms with van der Waals surface area (Å²) in [5, 5.41) is 25.5. The van der Waals surface area contributed by atoms with Crippen LogP contribution in [0.3, 0.4) is 0 Å². The molecule has 170 valence electrons. The maximum Gasteiger partial charge on any atom is 0.291 e. The Labute approximate surface area is 198 Å². The number of aromatic nitrogens is 8. The van der Waals surface area contributed by atoms with E-state index in [1.165, 1.54) is 4.68 Å². The number of rotatable bonds is 4. The maximum atomic E-state index is 13.5. The molecule has 0 amide bonds. The molecule has 7 rings (SSSR count). The zero-order chi connectivity index (χ0) is 23.5. The zero-order valence-corrected chi connectivity index (χ0v) is 18.9. The third kappa shape index (κ3) is 2.98. The molecule has 0 aliphatic heterocycles. The summed E-state index contributed by atoms with van der Waals surface area (Å²) in [6, 6.07) is 18.3. The van der Waals surface area contributed by atoms with Crippen molar-refractivity contribution in [1.82, 2.24) is 40.0 Å². The van der Waals surface area contributed by atoms with Crippen LogP contribution in [0.1, 0.15) is 16.7 Å². The summed E-state index contributed by atoms with van der Waals surface area (Å²) in [5.41, 5.74) is 7.54. The first-order valence-corrected chi connectivity index (χ1v) is 11.3. The van der Waals surface area contributed by atoms with Crippen molar-refractivity contribution < 1.29 is 0 Å². The van der Waals surface area contributed by atoms with E-state index in [4.69, 9.17) is 0 Å². The maximum absolute atomic E-state index is 13.5. The molecule has 0 fully saturated rings. The second-order valence-corrected chi connectivity index (χ2v) is 8.83. The predicted octanol–water partition coefficient (Wildman–Crippen LogP) is 3.67. The van der Waals surface area contributed by atoms with Gasteiger partial charge in [-0.05, 0) is 41.3 Å². The molecule has 0 unspecified atom stereocenters. The normalized spacial score (nSPS) is 11.9. The number of H-pyrrole nitrogens is 2. The quantitative estimate of drug-likeness (QED) is 0.416. The summed E-state index contributed by atoms with van der Waals surface area (Å²) >= 11 is 0. The van der Waals surface area contributed by atoms with E-state index in [1.807, 2.05) is 41.9 Å². The van der Waals surface area contributed by atoms with Crippen molar-refractivity contribution in [2.45, 2.75) is 13.0 Å². The molecule has 2 N–H and O–H groups in total. The van der Waals surface area contributed by atoms with E-state index in [-0.39, 0.29) is 5.56 Å². The molecule has 4 aromatic heterocycles. The Kier molecular flexibility index (Phi) is 4.13. The highest BCUT2D eigenvalue weighted by Crippen LogP contribution is 2.28. The Balaban J connectivity index is 1.32. The number of hydrogen-bond donors (Lipinski definition) is 2. The average molecular weight is 461 g/mol. The van der Waals surface area contributed by atoms with Gasteiger partial charge in [0, 0.05) is 28.7 Å². The number of aryl methyl sites for hydroxylation is 1. The van der Waals surface area contributed by atoms with Gasteiger partial charge < -0.3 is 4.57 Å². The number of fused-ring (bicyclic) bond motifs is 5. The molecule has 0 aliphatic carbocycles. The van der Waals surface area contributed by atoms with E-state index in [0.717, 1.165) is 61.3 Å². The number of benzene rings is 3. The molecule has 35 heavy (non-hydrogen) atoms. The molecule has 0 atom stereocenters. The highest BCUT2D eigenvalue weighted by atomic mass is 16.1. The largest absolute Gasteiger partial charge is 0.339 e. The SMILES string of the molecule is Cn1c2cc(Cc3cccc4nn[nH]c34)ccc2c2cnn(Cc3cccc4[nH]ncc34)c(=O)c21. The van der Waals surface area contributed by atoms with Crippen LogP contribution in [0.25, 0.3) is 43.7 Å². The molecule has 9 nitrogen and oxygen atoms in total. The average Bonchev–Trinajstić information content (AvgIpc) is 3.60. The Hall–Kier alpha value is -4.79. The molecule has 3 aromatic carbocycles. The fraction of sp³-hybridized carbons (Fsp3) is 0.115. The smallest absolute Gasteiger partial charge is 0.291 e. The van der Waals surface area contributed by atoms with Gasteiger partial charge >= 0.3 is 0 Å². The summed E-state index contributed by atoms with van der Waals surface area (Å²) in [4.78, 5) is 13.5. The third-order valence-corrected chi connectivity index (χ3v) is 6.81. The molecule has 0 radical (unpaired) electrons. The molecule has 0 saturated carbocycles. The van der Waals surface area contributed by atoms with Crippen LogP contribution in [-0.4, -0.2) is 40.0 Å². The van der Waals surface area contributed by atoms with Gasteiger partial charge in [0.1, 0.15) is 11.0 Å². The first-order valence-electron chi connectivity index (χ1n) is 11.3. The van der Waals surface area contributed by atoms with Crippen LogP contribution in [0.15, 0.2) is 71.8 Å². The Morgan fingerprint density at radius 3 is 2.74 bits per heavy atom. The molecule has 0 aliphatic rings. The molecular formula is C26H20N8O. The highest BCUT2D eigenvalue weighted by Gasteiger charge is 2.16. The zero-order valence-electron chi connectivity index (χ0n) is 18.9. The monoisotopic (exact) mass is 460 g/mol. The van der Waals surface area contributed by atoms with E-state index in [9.17, 15) is 4.79 Å². The fourth-order valence-corrected chi connectivity index (χ4v) is 5.05. The lowest BCUT2D eigenvalue weighted by atomic mass is 10.0. The second-order valence-electron chi connectivity index (χ2n) is 8.83. The van der Waals surface area contributed by atoms with E-state index >= 15 is 0 Å². The molecule has 0 saturated heterocycles. The van der Waals surface area contributed by atoms with Crippen LogP contribution < -0.4 is 5.56 Å². The van der Waals surface area contributed by atoms with Crippen molar-refractivity contribution in [1.29, 1.82) is 0 Å². The van der Waals surface area contributed by atoms with Gasteiger partial charge in [0.25, 0.3) is 5.56 Å². The predicted molar refractivity (Wildman–Crippen MR) is 134 cm³/mol. The lowest BCUT2D eigenvalue weighted by molar-refractivity contribution is 0.647. The number of nitrogens with zero attached hydrogens (tertiary/aromatic N) is 6. The molecule has 0 bridgehead atoms. The minimum atomic E-state index is -0.114. The van der Waals surface area contributed by atoms with E-state index in [1.54, 1.807) is 12.4 Å². The lowest BCUT2D eigenvalue weighted by Gasteiger charge is -2.07. The van der Waals surface area contributed by atoms with Crippen molar-refractivity contribution in [3.63, 3.8) is 0 Å². The molecule has 4 heterocycles. The van der Waals surface area contributed by atoms with Crippen molar-refractivity contribution >= 4 is 43.7 Å². The van der Waals surface area contributed by atoms with Gasteiger partial charge in [-0.25, -0.2) is 4.68 Å². The third-order valence-electron chi connectivity index (χ3n) is 6.81. The van der Waals surface area contributed by atoms with Crippen LogP contribution in [0.4, 0.5) is 0 Å². The molecule has 7 aromatic rings. The molecule has 9 heteroatoms. The van der Waals surface area contributed by atoms with Gasteiger partial charge in [0.05, 0.1) is 30.0 Å².